The summed E-state index contributed by atoms with van der Waals surface area (Å²) in [7, 11) is -3.49. The molecule has 22 heavy (non-hydrogen) atoms. The van der Waals surface area contributed by atoms with Gasteiger partial charge in [0.05, 0.1) is 7.11 Å². The fourth-order valence-electron chi connectivity index (χ4n) is 6.39. The van der Waals surface area contributed by atoms with Gasteiger partial charge in [-0.15, -0.1) is 12.3 Å². The normalized spacial score (nSPS) is 33.0. The van der Waals surface area contributed by atoms with Gasteiger partial charge in [-0.25, -0.2) is 0 Å². The molecule has 2 aliphatic rings. The number of hydrogen-bond donors (Lipinski definition) is 0. The van der Waals surface area contributed by atoms with E-state index in [0.717, 1.165) is 23.7 Å². The molecule has 128 valence electrons. The second-order valence-corrected chi connectivity index (χ2v) is 38.1. The highest BCUT2D eigenvalue weighted by atomic mass is 29.6. The van der Waals surface area contributed by atoms with Crippen molar-refractivity contribution in [2.24, 2.45) is 23.7 Å². The van der Waals surface area contributed by atoms with Crippen LogP contribution in [0.4, 0.5) is 0 Å². The van der Waals surface area contributed by atoms with E-state index in [4.69, 9.17) is 0 Å². The van der Waals surface area contributed by atoms with E-state index in [2.05, 4.69) is 58.5 Å². The van der Waals surface area contributed by atoms with Crippen LogP contribution in [-0.2, 0) is 0 Å². The van der Waals surface area contributed by atoms with Gasteiger partial charge >= 0.3 is 0 Å². The van der Waals surface area contributed by atoms with Gasteiger partial charge in [0.1, 0.15) is 0 Å². The Morgan fingerprint density at radius 2 is 1.59 bits per heavy atom. The maximum atomic E-state index is 4.42. The van der Waals surface area contributed by atoms with Gasteiger partial charge in [0, 0.05) is 15.2 Å². The molecule has 0 nitrogen and oxygen atoms in total. The van der Waals surface area contributed by atoms with E-state index in [1.807, 2.05) is 0 Å². The molecule has 3 heteroatoms. The third-order valence-electron chi connectivity index (χ3n) is 7.68. The summed E-state index contributed by atoms with van der Waals surface area (Å²) in [5.74, 6) is 4.23. The first-order valence-corrected chi connectivity index (χ1v) is 21.0. The molecular weight excluding hydrogens is 312 g/mol. The number of rotatable bonds is 6. The standard InChI is InChI=1S/C19H40Si3/c1-9-22(20(3,4)5,21(6,7)8)14-13-17-15-18-11-10-12-19(18)16(17)2/h9,16-19H,1,10-15H2,2-8H3/t16-,17-,18-,19+/m1/s1. The van der Waals surface area contributed by atoms with Crippen LogP contribution in [0.3, 0.4) is 0 Å². The van der Waals surface area contributed by atoms with Crippen molar-refractivity contribution >= 4 is 22.3 Å². The minimum Gasteiger partial charge on any atom is -0.107 e. The van der Waals surface area contributed by atoms with Crippen LogP contribution < -0.4 is 0 Å². The lowest BCUT2D eigenvalue weighted by Crippen LogP contribution is -2.70. The van der Waals surface area contributed by atoms with Gasteiger partial charge in [-0.3, -0.25) is 0 Å². The molecule has 0 aliphatic heterocycles. The van der Waals surface area contributed by atoms with Gasteiger partial charge in [0.25, 0.3) is 0 Å². The van der Waals surface area contributed by atoms with Crippen LogP contribution in [0, 0.1) is 23.7 Å². The van der Waals surface area contributed by atoms with Crippen LogP contribution in [0.25, 0.3) is 0 Å². The summed E-state index contributed by atoms with van der Waals surface area (Å²) in [5, 5.41) is 0. The first kappa shape index (κ1) is 18.7. The van der Waals surface area contributed by atoms with Crippen LogP contribution in [0.2, 0.25) is 45.3 Å². The zero-order valence-corrected chi connectivity index (χ0v) is 19.3. The van der Waals surface area contributed by atoms with Crippen LogP contribution >= 0.6 is 0 Å². The lowest BCUT2D eigenvalue weighted by molar-refractivity contribution is 0.322. The second-order valence-electron chi connectivity index (χ2n) is 10.4. The number of hydrogen-bond acceptors (Lipinski definition) is 0. The Kier molecular flexibility index (Phi) is 5.41. The van der Waals surface area contributed by atoms with E-state index in [-0.39, 0.29) is 0 Å². The fourth-order valence-corrected chi connectivity index (χ4v) is 48.4. The molecule has 0 N–H and O–H groups in total. The minimum absolute atomic E-state index is 1.01. The van der Waals surface area contributed by atoms with Crippen molar-refractivity contribution in [2.45, 2.75) is 84.4 Å². The van der Waals surface area contributed by atoms with E-state index in [9.17, 15) is 0 Å². The van der Waals surface area contributed by atoms with Gasteiger partial charge in [0.15, 0.2) is 0 Å². The summed E-state index contributed by atoms with van der Waals surface area (Å²) >= 11 is 0. The van der Waals surface area contributed by atoms with Gasteiger partial charge in [0.2, 0.25) is 0 Å². The molecule has 2 fully saturated rings. The molecule has 0 aromatic heterocycles. The van der Waals surface area contributed by atoms with E-state index in [1.165, 1.54) is 25.7 Å². The van der Waals surface area contributed by atoms with Crippen molar-refractivity contribution in [2.75, 3.05) is 0 Å². The predicted octanol–water partition coefficient (Wildman–Crippen LogP) is 6.46. The van der Waals surface area contributed by atoms with Gasteiger partial charge in [-0.1, -0.05) is 71.5 Å². The van der Waals surface area contributed by atoms with Crippen LogP contribution in [0.15, 0.2) is 12.3 Å². The Morgan fingerprint density at radius 3 is 2.05 bits per heavy atom. The molecule has 0 heterocycles. The highest BCUT2D eigenvalue weighted by molar-refractivity contribution is 7.70. The van der Waals surface area contributed by atoms with Crippen LogP contribution in [0.5, 0.6) is 0 Å². The molecule has 4 atom stereocenters. The van der Waals surface area contributed by atoms with Crippen LogP contribution in [-0.4, -0.2) is 22.3 Å². The monoisotopic (exact) mass is 352 g/mol. The highest BCUT2D eigenvalue weighted by Crippen LogP contribution is 2.52. The first-order valence-electron chi connectivity index (χ1n) is 9.67. The molecule has 0 amide bonds. The zero-order valence-electron chi connectivity index (χ0n) is 16.3. The van der Waals surface area contributed by atoms with E-state index < -0.39 is 22.3 Å². The molecule has 0 aromatic carbocycles. The summed E-state index contributed by atoms with van der Waals surface area (Å²) in [4.78, 5) is 0. The summed E-state index contributed by atoms with van der Waals surface area (Å²) in [5.41, 5.74) is 2.56. The molecular formula is C19H40Si3. The third-order valence-corrected chi connectivity index (χ3v) is 47.1. The molecule has 0 bridgehead atoms. The molecule has 2 saturated carbocycles. The molecule has 0 aromatic rings. The molecule has 0 saturated heterocycles. The predicted molar refractivity (Wildman–Crippen MR) is 110 cm³/mol. The van der Waals surface area contributed by atoms with E-state index >= 15 is 0 Å². The largest absolute Gasteiger partial charge is 0.107 e. The Bertz CT molecular complexity index is 388. The Morgan fingerprint density at radius 1 is 1.00 bits per heavy atom. The summed E-state index contributed by atoms with van der Waals surface area (Å²) < 4.78 is 0. The van der Waals surface area contributed by atoms with Gasteiger partial charge in [-0.2, -0.15) is 0 Å². The Hall–Kier alpha value is 0.391. The molecule has 0 spiro atoms. The van der Waals surface area contributed by atoms with Crippen molar-refractivity contribution in [3.05, 3.63) is 12.3 Å². The summed E-state index contributed by atoms with van der Waals surface area (Å²) in [6.45, 7) is 22.9. The van der Waals surface area contributed by atoms with Crippen molar-refractivity contribution < 1.29 is 0 Å². The molecule has 2 rings (SSSR count). The topological polar surface area (TPSA) is 0 Å². The molecule has 0 radical (unpaired) electrons. The highest BCUT2D eigenvalue weighted by Gasteiger charge is 2.52. The maximum Gasteiger partial charge on any atom is 0.0638 e. The first-order chi connectivity index (χ1) is 10.0. The Labute approximate surface area is 142 Å². The molecule has 2 aliphatic carbocycles. The lowest BCUT2D eigenvalue weighted by Gasteiger charge is -2.49. The number of fused-ring (bicyclic) bond motifs is 1. The SMILES string of the molecule is C=C[Si](CC[C@@H]1C[C@H]2CCC[C@H]2[C@@H]1C)([Si](C)(C)C)[Si](C)(C)C. The minimum atomic E-state index is -1.26. The fraction of sp³-hybridized carbons (Fsp3) is 0.895. The van der Waals surface area contributed by atoms with Crippen molar-refractivity contribution in [3.8, 4) is 0 Å². The molecule has 0 unspecified atom stereocenters. The van der Waals surface area contributed by atoms with Gasteiger partial charge in [-0.05, 0) is 36.5 Å². The average molecular weight is 353 g/mol. The quantitative estimate of drug-likeness (QED) is 0.481. The smallest absolute Gasteiger partial charge is 0.0638 e. The van der Waals surface area contributed by atoms with Crippen molar-refractivity contribution in [1.29, 1.82) is 0 Å². The van der Waals surface area contributed by atoms with Crippen LogP contribution in [0.1, 0.15) is 39.0 Å². The van der Waals surface area contributed by atoms with Gasteiger partial charge < -0.3 is 0 Å². The average Bonchev–Trinajstić information content (AvgIpc) is 2.91. The Balaban J connectivity index is 2.11. The van der Waals surface area contributed by atoms with Crippen molar-refractivity contribution in [1.82, 2.24) is 0 Å². The lowest BCUT2D eigenvalue weighted by atomic mass is 9.88. The second kappa shape index (κ2) is 6.36. The summed E-state index contributed by atoms with van der Waals surface area (Å²) in [6, 6.07) is 1.57. The third kappa shape index (κ3) is 3.14. The van der Waals surface area contributed by atoms with E-state index in [0.29, 0.717) is 0 Å². The maximum absolute atomic E-state index is 4.42. The van der Waals surface area contributed by atoms with E-state index in [1.54, 1.807) is 12.5 Å². The van der Waals surface area contributed by atoms with Crippen molar-refractivity contribution in [3.63, 3.8) is 0 Å². The zero-order chi connectivity index (χ0) is 16.8. The summed E-state index contributed by atoms with van der Waals surface area (Å²) in [6.07, 6.45) is 7.68.